The maximum Gasteiger partial charge on any atom is 0.180 e. The van der Waals surface area contributed by atoms with Gasteiger partial charge in [-0.25, -0.2) is 0 Å². The molecule has 0 heterocycles. The van der Waals surface area contributed by atoms with Crippen LogP contribution in [0.5, 0.6) is 11.5 Å². The molecule has 1 atom stereocenters. The van der Waals surface area contributed by atoms with Gasteiger partial charge >= 0.3 is 0 Å². The molecule has 0 N–H and O–H groups in total. The van der Waals surface area contributed by atoms with Gasteiger partial charge in [0.1, 0.15) is 16.3 Å². The molecule has 0 aromatic heterocycles. The number of ether oxygens (including phenoxy) is 2. The van der Waals surface area contributed by atoms with Gasteiger partial charge < -0.3 is 9.47 Å². The van der Waals surface area contributed by atoms with E-state index in [-0.39, 0.29) is 10.6 Å². The highest BCUT2D eigenvalue weighted by atomic mass is 79.9. The van der Waals surface area contributed by atoms with E-state index >= 15 is 0 Å². The van der Waals surface area contributed by atoms with E-state index < -0.39 is 0 Å². The second-order valence-corrected chi connectivity index (χ2v) is 7.14. The van der Waals surface area contributed by atoms with E-state index in [9.17, 15) is 4.79 Å². The first-order valence-corrected chi connectivity index (χ1v) is 10.2. The Bertz CT molecular complexity index is 665. The molecule has 2 rings (SSSR count). The molecule has 2 aromatic carbocycles. The molecular weight excluding hydrogens is 392 g/mol. The molecule has 3 nitrogen and oxygen atoms in total. The van der Waals surface area contributed by atoms with Crippen molar-refractivity contribution in [1.29, 1.82) is 0 Å². The van der Waals surface area contributed by atoms with Gasteiger partial charge in [0, 0.05) is 5.56 Å². The van der Waals surface area contributed by atoms with E-state index in [0.717, 1.165) is 49.4 Å². The lowest BCUT2D eigenvalue weighted by atomic mass is 10.0. The van der Waals surface area contributed by atoms with Crippen LogP contribution in [0.3, 0.4) is 0 Å². The second-order valence-electron chi connectivity index (χ2n) is 6.22. The normalized spacial score (nSPS) is 11.8. The number of benzene rings is 2. The molecule has 0 aliphatic rings. The van der Waals surface area contributed by atoms with Gasteiger partial charge in [0.15, 0.2) is 5.78 Å². The van der Waals surface area contributed by atoms with Crippen LogP contribution in [0.1, 0.15) is 60.3 Å². The van der Waals surface area contributed by atoms with E-state index in [1.165, 1.54) is 0 Å². The summed E-state index contributed by atoms with van der Waals surface area (Å²) >= 11 is 3.52. The molecule has 0 saturated carbocycles. The maximum absolute atomic E-state index is 12.7. The lowest BCUT2D eigenvalue weighted by Crippen LogP contribution is -2.07. The van der Waals surface area contributed by atoms with Crippen molar-refractivity contribution in [2.45, 2.75) is 44.4 Å². The van der Waals surface area contributed by atoms with Crippen molar-refractivity contribution in [2.75, 3.05) is 13.2 Å². The summed E-state index contributed by atoms with van der Waals surface area (Å²) in [4.78, 5) is 12.3. The Hall–Kier alpha value is -1.81. The zero-order valence-corrected chi connectivity index (χ0v) is 17.1. The topological polar surface area (TPSA) is 35.5 Å². The minimum absolute atomic E-state index is 0.0322. The van der Waals surface area contributed by atoms with Crippen LogP contribution in [0.4, 0.5) is 0 Å². The Balaban J connectivity index is 1.95. The molecule has 0 aliphatic heterocycles. The minimum atomic E-state index is -0.376. The fraction of sp³-hybridized carbons (Fsp3) is 0.409. The van der Waals surface area contributed by atoms with Crippen molar-refractivity contribution >= 4 is 21.7 Å². The monoisotopic (exact) mass is 418 g/mol. The molecule has 0 amide bonds. The predicted octanol–water partition coefficient (Wildman–Crippen LogP) is 6.36. The fourth-order valence-corrected chi connectivity index (χ4v) is 2.98. The predicted molar refractivity (Wildman–Crippen MR) is 110 cm³/mol. The number of rotatable bonds is 11. The number of Topliss-reactive ketones (excluding diaryl/α,β-unsaturated/α-hetero) is 1. The first-order valence-electron chi connectivity index (χ1n) is 9.29. The van der Waals surface area contributed by atoms with Crippen LogP contribution in [0.2, 0.25) is 0 Å². The van der Waals surface area contributed by atoms with Crippen LogP contribution < -0.4 is 9.47 Å². The van der Waals surface area contributed by atoms with Crippen LogP contribution in [0.15, 0.2) is 48.5 Å². The zero-order valence-electron chi connectivity index (χ0n) is 15.5. The summed E-state index contributed by atoms with van der Waals surface area (Å²) in [6.07, 6.45) is 4.28. The van der Waals surface area contributed by atoms with Crippen molar-refractivity contribution in [3.63, 3.8) is 0 Å². The van der Waals surface area contributed by atoms with Gasteiger partial charge in [-0.3, -0.25) is 4.79 Å². The van der Waals surface area contributed by atoms with Crippen molar-refractivity contribution < 1.29 is 14.3 Å². The smallest absolute Gasteiger partial charge is 0.180 e. The Morgan fingerprint density at radius 3 is 1.77 bits per heavy atom. The Morgan fingerprint density at radius 2 is 1.31 bits per heavy atom. The number of ketones is 1. The SMILES string of the molecule is CCCCOc1ccc(C(=O)C(Br)c2ccc(OCCCC)cc2)cc1. The van der Waals surface area contributed by atoms with Crippen LogP contribution in [-0.4, -0.2) is 19.0 Å². The Labute approximate surface area is 164 Å². The number of halogens is 1. The summed E-state index contributed by atoms with van der Waals surface area (Å²) in [7, 11) is 0. The zero-order chi connectivity index (χ0) is 18.8. The van der Waals surface area contributed by atoms with Crippen molar-refractivity contribution in [3.05, 3.63) is 59.7 Å². The Morgan fingerprint density at radius 1 is 0.846 bits per heavy atom. The summed E-state index contributed by atoms with van der Waals surface area (Å²) < 4.78 is 11.3. The van der Waals surface area contributed by atoms with Crippen LogP contribution in [0.25, 0.3) is 0 Å². The highest BCUT2D eigenvalue weighted by Gasteiger charge is 2.19. The summed E-state index contributed by atoms with van der Waals surface area (Å²) in [6.45, 7) is 5.69. The molecule has 0 aliphatic carbocycles. The van der Waals surface area contributed by atoms with Crippen molar-refractivity contribution in [3.8, 4) is 11.5 Å². The number of unbranched alkanes of at least 4 members (excludes halogenated alkanes) is 2. The third kappa shape index (κ3) is 6.17. The highest BCUT2D eigenvalue weighted by Crippen LogP contribution is 2.29. The van der Waals surface area contributed by atoms with Gasteiger partial charge in [-0.1, -0.05) is 54.8 Å². The quantitative estimate of drug-likeness (QED) is 0.241. The largest absolute Gasteiger partial charge is 0.494 e. The average molecular weight is 419 g/mol. The van der Waals surface area contributed by atoms with Gasteiger partial charge in [0.2, 0.25) is 0 Å². The molecule has 0 radical (unpaired) electrons. The van der Waals surface area contributed by atoms with Crippen LogP contribution in [-0.2, 0) is 0 Å². The molecule has 0 fully saturated rings. The van der Waals surface area contributed by atoms with E-state index in [0.29, 0.717) is 12.2 Å². The molecule has 140 valence electrons. The highest BCUT2D eigenvalue weighted by molar-refractivity contribution is 9.09. The first kappa shape index (κ1) is 20.5. The number of carbonyl (C=O) groups excluding carboxylic acids is 1. The standard InChI is InChI=1S/C22H27BrO3/c1-3-5-15-25-19-11-7-17(8-12-19)21(23)22(24)18-9-13-20(14-10-18)26-16-6-4-2/h7-14,21H,3-6,15-16H2,1-2H3. The van der Waals surface area contributed by atoms with E-state index in [1.54, 1.807) is 0 Å². The summed E-state index contributed by atoms with van der Waals surface area (Å²) in [5, 5.41) is 0. The van der Waals surface area contributed by atoms with Gasteiger partial charge in [0.05, 0.1) is 13.2 Å². The number of hydrogen-bond donors (Lipinski definition) is 0. The minimum Gasteiger partial charge on any atom is -0.494 e. The molecular formula is C22H27BrO3. The van der Waals surface area contributed by atoms with Gasteiger partial charge in [-0.05, 0) is 54.8 Å². The number of hydrogen-bond acceptors (Lipinski definition) is 3. The molecule has 1 unspecified atom stereocenters. The lowest BCUT2D eigenvalue weighted by molar-refractivity contribution is 0.0991. The number of alkyl halides is 1. The fourth-order valence-electron chi connectivity index (χ4n) is 2.41. The van der Waals surface area contributed by atoms with Crippen molar-refractivity contribution in [1.82, 2.24) is 0 Å². The van der Waals surface area contributed by atoms with E-state index in [4.69, 9.17) is 9.47 Å². The first-order chi connectivity index (χ1) is 12.7. The summed E-state index contributed by atoms with van der Waals surface area (Å²) in [5.74, 6) is 1.67. The third-order valence-electron chi connectivity index (χ3n) is 4.08. The third-order valence-corrected chi connectivity index (χ3v) is 5.02. The molecule has 26 heavy (non-hydrogen) atoms. The van der Waals surface area contributed by atoms with Gasteiger partial charge in [-0.2, -0.15) is 0 Å². The Kier molecular flexibility index (Phi) is 8.69. The van der Waals surface area contributed by atoms with Crippen molar-refractivity contribution in [2.24, 2.45) is 0 Å². The van der Waals surface area contributed by atoms with Crippen LogP contribution >= 0.6 is 15.9 Å². The van der Waals surface area contributed by atoms with E-state index in [2.05, 4.69) is 29.8 Å². The van der Waals surface area contributed by atoms with Crippen LogP contribution in [0, 0.1) is 0 Å². The molecule has 0 bridgehead atoms. The average Bonchev–Trinajstić information content (AvgIpc) is 2.68. The molecule has 4 heteroatoms. The van der Waals surface area contributed by atoms with E-state index in [1.807, 2.05) is 48.5 Å². The second kappa shape index (κ2) is 11.0. The lowest BCUT2D eigenvalue weighted by Gasteiger charge is -2.12. The summed E-state index contributed by atoms with van der Waals surface area (Å²) in [5.41, 5.74) is 1.58. The summed E-state index contributed by atoms with van der Waals surface area (Å²) in [6, 6.07) is 15.0. The maximum atomic E-state index is 12.7. The van der Waals surface area contributed by atoms with Gasteiger partial charge in [0.25, 0.3) is 0 Å². The number of carbonyl (C=O) groups is 1. The molecule has 2 aromatic rings. The molecule has 0 spiro atoms. The molecule has 0 saturated heterocycles. The van der Waals surface area contributed by atoms with Gasteiger partial charge in [-0.15, -0.1) is 0 Å².